The van der Waals surface area contributed by atoms with E-state index in [0.717, 1.165) is 40.0 Å². The molecule has 7 heteroatoms. The van der Waals surface area contributed by atoms with Gasteiger partial charge in [0.05, 0.1) is 22.7 Å². The van der Waals surface area contributed by atoms with E-state index in [9.17, 15) is 4.79 Å². The second-order valence-corrected chi connectivity index (χ2v) is 9.45. The quantitative estimate of drug-likeness (QED) is 0.261. The van der Waals surface area contributed by atoms with E-state index in [-0.39, 0.29) is 11.8 Å². The molecule has 5 nitrogen and oxygen atoms in total. The number of carbonyl (C=O) groups excluding carboxylic acids is 1. The van der Waals surface area contributed by atoms with Crippen molar-refractivity contribution in [3.8, 4) is 5.75 Å². The fourth-order valence-corrected chi connectivity index (χ4v) is 4.81. The van der Waals surface area contributed by atoms with Gasteiger partial charge in [-0.05, 0) is 55.0 Å². The first-order valence-corrected chi connectivity index (χ1v) is 12.2. The molecule has 1 fully saturated rings. The van der Waals surface area contributed by atoms with Crippen LogP contribution in [-0.2, 0) is 11.3 Å². The third-order valence-electron chi connectivity index (χ3n) is 5.93. The summed E-state index contributed by atoms with van der Waals surface area (Å²) in [4.78, 5) is 19.7. The number of hydrogen-bond acceptors (Lipinski definition) is 3. The van der Waals surface area contributed by atoms with Gasteiger partial charge in [0, 0.05) is 35.6 Å². The lowest BCUT2D eigenvalue weighted by Gasteiger charge is -2.17. The van der Waals surface area contributed by atoms with Crippen molar-refractivity contribution in [3.05, 3.63) is 88.1 Å². The Hall–Kier alpha value is -2.83. The molecular formula is C26H23BrClN3O2. The van der Waals surface area contributed by atoms with E-state index in [1.807, 2.05) is 71.6 Å². The maximum atomic E-state index is 12.9. The first-order valence-electron chi connectivity index (χ1n) is 11.0. The van der Waals surface area contributed by atoms with Crippen LogP contribution in [0.2, 0.25) is 5.02 Å². The van der Waals surface area contributed by atoms with Gasteiger partial charge in [0.15, 0.2) is 0 Å². The highest BCUT2D eigenvalue weighted by atomic mass is 79.9. The standard InChI is InChI=1S/C26H23BrClN3O2/c27-19-10-12-20(13-11-19)31-17-18(16-25(31)32)26-29-22-7-2-3-8-23(22)30(26)14-5-15-33-24-9-4-1-6-21(24)28/h1-4,6-13,18H,5,14-17H2. The number of benzene rings is 3. The van der Waals surface area contributed by atoms with Crippen molar-refractivity contribution in [2.24, 2.45) is 0 Å². The van der Waals surface area contributed by atoms with Gasteiger partial charge in [-0.25, -0.2) is 4.98 Å². The molecule has 1 unspecified atom stereocenters. The first-order chi connectivity index (χ1) is 16.1. The predicted molar refractivity (Wildman–Crippen MR) is 135 cm³/mol. The van der Waals surface area contributed by atoms with E-state index in [1.54, 1.807) is 0 Å². The molecule has 1 aliphatic heterocycles. The number of hydrogen-bond donors (Lipinski definition) is 0. The van der Waals surface area contributed by atoms with Gasteiger partial charge in [-0.15, -0.1) is 0 Å². The highest BCUT2D eigenvalue weighted by Crippen LogP contribution is 2.34. The Morgan fingerprint density at radius 3 is 2.61 bits per heavy atom. The second-order valence-electron chi connectivity index (χ2n) is 8.12. The van der Waals surface area contributed by atoms with E-state index in [1.165, 1.54) is 0 Å². The fourth-order valence-electron chi connectivity index (χ4n) is 4.36. The SMILES string of the molecule is O=C1CC(c2nc3ccccc3n2CCCOc2ccccc2Cl)CN1c1ccc(Br)cc1. The molecule has 0 aliphatic carbocycles. The van der Waals surface area contributed by atoms with Crippen molar-refractivity contribution < 1.29 is 9.53 Å². The minimum atomic E-state index is 0.0398. The number of ether oxygens (including phenoxy) is 1. The summed E-state index contributed by atoms with van der Waals surface area (Å²) in [5, 5.41) is 0.615. The molecule has 0 N–H and O–H groups in total. The van der Waals surface area contributed by atoms with Gasteiger partial charge in [0.2, 0.25) is 5.91 Å². The Labute approximate surface area is 206 Å². The smallest absolute Gasteiger partial charge is 0.227 e. The van der Waals surface area contributed by atoms with Crippen LogP contribution in [0.1, 0.15) is 24.6 Å². The molecule has 33 heavy (non-hydrogen) atoms. The lowest BCUT2D eigenvalue weighted by molar-refractivity contribution is -0.117. The number of aromatic nitrogens is 2. The van der Waals surface area contributed by atoms with Gasteiger partial charge in [-0.2, -0.15) is 0 Å². The maximum absolute atomic E-state index is 12.9. The number of carbonyl (C=O) groups is 1. The molecule has 168 valence electrons. The average molecular weight is 525 g/mol. The third-order valence-corrected chi connectivity index (χ3v) is 6.77. The zero-order valence-electron chi connectivity index (χ0n) is 18.0. The summed E-state index contributed by atoms with van der Waals surface area (Å²) in [6.07, 6.45) is 1.26. The van der Waals surface area contributed by atoms with Gasteiger partial charge in [-0.3, -0.25) is 4.79 Å². The maximum Gasteiger partial charge on any atom is 0.227 e. The number of para-hydroxylation sites is 3. The summed E-state index contributed by atoms with van der Waals surface area (Å²) < 4.78 is 9.12. The van der Waals surface area contributed by atoms with Crippen molar-refractivity contribution in [3.63, 3.8) is 0 Å². The highest BCUT2D eigenvalue weighted by molar-refractivity contribution is 9.10. The Morgan fingerprint density at radius 1 is 1.03 bits per heavy atom. The van der Waals surface area contributed by atoms with E-state index in [2.05, 4.69) is 26.6 Å². The molecule has 1 atom stereocenters. The normalized spacial score (nSPS) is 16.0. The lowest BCUT2D eigenvalue weighted by Crippen LogP contribution is -2.24. The number of imidazole rings is 1. The molecule has 1 aromatic heterocycles. The van der Waals surface area contributed by atoms with Crippen LogP contribution < -0.4 is 9.64 Å². The highest BCUT2D eigenvalue weighted by Gasteiger charge is 2.34. The summed E-state index contributed by atoms with van der Waals surface area (Å²) in [6.45, 7) is 1.92. The van der Waals surface area contributed by atoms with Gasteiger partial charge in [-0.1, -0.05) is 51.8 Å². The molecule has 0 saturated carbocycles. The van der Waals surface area contributed by atoms with Crippen molar-refractivity contribution in [1.29, 1.82) is 0 Å². The topological polar surface area (TPSA) is 47.4 Å². The number of halogens is 2. The van der Waals surface area contributed by atoms with E-state index in [4.69, 9.17) is 21.3 Å². The molecule has 0 bridgehead atoms. The Bertz CT molecular complexity index is 1290. The van der Waals surface area contributed by atoms with Crippen molar-refractivity contribution >= 4 is 50.2 Å². The fraction of sp³-hybridized carbons (Fsp3) is 0.231. The zero-order chi connectivity index (χ0) is 22.8. The van der Waals surface area contributed by atoms with Gasteiger partial charge < -0.3 is 14.2 Å². The summed E-state index contributed by atoms with van der Waals surface area (Å²) in [5.41, 5.74) is 2.95. The number of nitrogens with zero attached hydrogens (tertiary/aromatic N) is 3. The summed E-state index contributed by atoms with van der Waals surface area (Å²) in [6, 6.07) is 23.5. The van der Waals surface area contributed by atoms with Crippen LogP contribution in [0.15, 0.2) is 77.3 Å². The number of anilines is 1. The predicted octanol–water partition coefficient (Wildman–Crippen LogP) is 6.44. The molecule has 3 aromatic carbocycles. The average Bonchev–Trinajstić information content (AvgIpc) is 3.39. The van der Waals surface area contributed by atoms with Crippen LogP contribution in [-0.4, -0.2) is 28.6 Å². The molecule has 0 radical (unpaired) electrons. The monoisotopic (exact) mass is 523 g/mol. The van der Waals surface area contributed by atoms with E-state index < -0.39 is 0 Å². The molecule has 0 spiro atoms. The Kier molecular flexibility index (Phi) is 6.38. The van der Waals surface area contributed by atoms with Gasteiger partial charge in [0.1, 0.15) is 11.6 Å². The lowest BCUT2D eigenvalue weighted by atomic mass is 10.1. The van der Waals surface area contributed by atoms with E-state index >= 15 is 0 Å². The Balaban J connectivity index is 1.35. The van der Waals surface area contributed by atoms with Gasteiger partial charge >= 0.3 is 0 Å². The molecule has 1 saturated heterocycles. The summed E-state index contributed by atoms with van der Waals surface area (Å²) >= 11 is 9.66. The minimum Gasteiger partial charge on any atom is -0.492 e. The largest absolute Gasteiger partial charge is 0.492 e. The van der Waals surface area contributed by atoms with Crippen LogP contribution in [0.25, 0.3) is 11.0 Å². The summed E-state index contributed by atoms with van der Waals surface area (Å²) in [7, 11) is 0. The first kappa shape index (κ1) is 22.0. The van der Waals surface area contributed by atoms with Gasteiger partial charge in [0.25, 0.3) is 0 Å². The van der Waals surface area contributed by atoms with Crippen LogP contribution in [0.5, 0.6) is 5.75 Å². The molecular weight excluding hydrogens is 502 g/mol. The number of rotatable bonds is 7. The van der Waals surface area contributed by atoms with Crippen molar-refractivity contribution in [2.75, 3.05) is 18.1 Å². The second kappa shape index (κ2) is 9.57. The van der Waals surface area contributed by atoms with Crippen LogP contribution in [0.4, 0.5) is 5.69 Å². The number of aryl methyl sites for hydroxylation is 1. The van der Waals surface area contributed by atoms with Crippen LogP contribution in [0.3, 0.4) is 0 Å². The molecule has 1 aliphatic rings. The van der Waals surface area contributed by atoms with Crippen LogP contribution >= 0.6 is 27.5 Å². The molecule has 1 amide bonds. The molecule has 4 aromatic rings. The molecule has 5 rings (SSSR count). The molecule has 2 heterocycles. The third kappa shape index (κ3) is 4.63. The zero-order valence-corrected chi connectivity index (χ0v) is 20.3. The minimum absolute atomic E-state index is 0.0398. The summed E-state index contributed by atoms with van der Waals surface area (Å²) in [5.74, 6) is 1.82. The number of fused-ring (bicyclic) bond motifs is 1. The van der Waals surface area contributed by atoms with E-state index in [0.29, 0.717) is 30.3 Å². The van der Waals surface area contributed by atoms with Crippen molar-refractivity contribution in [1.82, 2.24) is 9.55 Å². The Morgan fingerprint density at radius 2 is 1.79 bits per heavy atom. The van der Waals surface area contributed by atoms with Crippen LogP contribution in [0, 0.1) is 0 Å². The number of amides is 1. The van der Waals surface area contributed by atoms with Crippen molar-refractivity contribution in [2.45, 2.75) is 25.3 Å².